The number of aromatic nitrogens is 2. The second-order valence-electron chi connectivity index (χ2n) is 4.56. The Balaban J connectivity index is 2.46. The number of nitrogens with one attached hydrogen (secondary N) is 2. The fraction of sp³-hybridized carbons (Fsp3) is 0.600. The van der Waals surface area contributed by atoms with Crippen LogP contribution in [0.1, 0.15) is 6.42 Å². The summed E-state index contributed by atoms with van der Waals surface area (Å²) in [6.07, 6.45) is 1.72. The lowest BCUT2D eigenvalue weighted by Gasteiger charge is -2.12. The Kier molecular flexibility index (Phi) is 3.61. The van der Waals surface area contributed by atoms with Gasteiger partial charge in [-0.2, -0.15) is 0 Å². The Labute approximate surface area is 110 Å². The summed E-state index contributed by atoms with van der Waals surface area (Å²) in [6, 6.07) is -0.230. The van der Waals surface area contributed by atoms with Crippen LogP contribution in [0.5, 0.6) is 0 Å². The molecule has 2 N–H and O–H groups in total. The smallest absolute Gasteiger partial charge is 0.315 e. The van der Waals surface area contributed by atoms with Crippen LogP contribution in [0.2, 0.25) is 0 Å². The summed E-state index contributed by atoms with van der Waals surface area (Å²) in [4.78, 5) is 23.0. The van der Waals surface area contributed by atoms with E-state index in [2.05, 4.69) is 10.0 Å². The predicted molar refractivity (Wildman–Crippen MR) is 68.5 cm³/mol. The van der Waals surface area contributed by atoms with Crippen molar-refractivity contribution in [3.8, 4) is 0 Å². The van der Waals surface area contributed by atoms with Gasteiger partial charge in [0.25, 0.3) is 5.56 Å². The molecule has 1 fully saturated rings. The summed E-state index contributed by atoms with van der Waals surface area (Å²) in [7, 11) is -1.27. The van der Waals surface area contributed by atoms with E-state index in [-0.39, 0.29) is 6.04 Å². The maximum absolute atomic E-state index is 12.2. The third kappa shape index (κ3) is 2.62. The third-order valence-corrected chi connectivity index (χ3v) is 4.59. The van der Waals surface area contributed by atoms with Gasteiger partial charge in [0.05, 0.1) is 0 Å². The first-order chi connectivity index (χ1) is 8.83. The van der Waals surface area contributed by atoms with Gasteiger partial charge in [-0.15, -0.1) is 0 Å². The molecule has 0 bridgehead atoms. The number of nitrogens with zero attached hydrogens (tertiary/aromatic N) is 2. The lowest BCUT2D eigenvalue weighted by atomic mass is 10.3. The molecule has 19 heavy (non-hydrogen) atoms. The molecule has 9 heteroatoms. The van der Waals surface area contributed by atoms with E-state index >= 15 is 0 Å². The van der Waals surface area contributed by atoms with Gasteiger partial charge in [-0.05, 0) is 13.0 Å². The number of sulfonamides is 1. The number of aryl methyl sites for hydroxylation is 1. The van der Waals surface area contributed by atoms with Crippen LogP contribution in [0, 0.1) is 0 Å². The highest BCUT2D eigenvalue weighted by molar-refractivity contribution is 7.89. The van der Waals surface area contributed by atoms with Crippen LogP contribution in [-0.4, -0.2) is 36.7 Å². The van der Waals surface area contributed by atoms with E-state index in [4.69, 9.17) is 0 Å². The van der Waals surface area contributed by atoms with Crippen molar-refractivity contribution in [2.75, 3.05) is 13.1 Å². The molecule has 1 aliphatic heterocycles. The molecule has 1 atom stereocenters. The summed E-state index contributed by atoms with van der Waals surface area (Å²) >= 11 is 0. The van der Waals surface area contributed by atoms with Crippen LogP contribution >= 0.6 is 0 Å². The summed E-state index contributed by atoms with van der Waals surface area (Å²) in [5, 5.41) is 3.03. The van der Waals surface area contributed by atoms with E-state index in [1.165, 1.54) is 14.1 Å². The molecular weight excluding hydrogens is 272 g/mol. The first kappa shape index (κ1) is 14.0. The Morgan fingerprint density at radius 2 is 2.05 bits per heavy atom. The monoisotopic (exact) mass is 288 g/mol. The van der Waals surface area contributed by atoms with Crippen molar-refractivity contribution in [2.24, 2.45) is 14.1 Å². The van der Waals surface area contributed by atoms with E-state index in [1.54, 1.807) is 0 Å². The molecule has 0 aliphatic carbocycles. The molecule has 1 saturated heterocycles. The van der Waals surface area contributed by atoms with Gasteiger partial charge >= 0.3 is 5.69 Å². The molecule has 0 amide bonds. The van der Waals surface area contributed by atoms with Gasteiger partial charge in [0, 0.05) is 32.9 Å². The molecule has 1 aromatic rings. The van der Waals surface area contributed by atoms with Crippen molar-refractivity contribution in [3.05, 3.63) is 27.0 Å². The van der Waals surface area contributed by atoms with E-state index in [0.29, 0.717) is 13.0 Å². The van der Waals surface area contributed by atoms with Crippen molar-refractivity contribution in [1.82, 2.24) is 19.2 Å². The van der Waals surface area contributed by atoms with E-state index in [0.717, 1.165) is 21.9 Å². The average Bonchev–Trinajstić information content (AvgIpc) is 2.83. The highest BCUT2D eigenvalue weighted by Gasteiger charge is 2.26. The molecule has 1 aromatic heterocycles. The SMILES string of the molecule is Cn1cc(S(=O)(=O)NC2CCNC2)c(=O)n(C)c1=O. The fourth-order valence-corrected chi connectivity index (χ4v) is 3.43. The van der Waals surface area contributed by atoms with Crippen LogP contribution in [0.15, 0.2) is 20.7 Å². The molecule has 8 nitrogen and oxygen atoms in total. The summed E-state index contributed by atoms with van der Waals surface area (Å²) in [5.41, 5.74) is -1.38. The molecule has 2 rings (SSSR count). The quantitative estimate of drug-likeness (QED) is 0.652. The second kappa shape index (κ2) is 4.91. The van der Waals surface area contributed by atoms with Crippen LogP contribution in [-0.2, 0) is 24.1 Å². The van der Waals surface area contributed by atoms with Crippen molar-refractivity contribution in [3.63, 3.8) is 0 Å². The van der Waals surface area contributed by atoms with Gasteiger partial charge in [-0.3, -0.25) is 9.36 Å². The predicted octanol–water partition coefficient (Wildman–Crippen LogP) is -2.28. The van der Waals surface area contributed by atoms with Gasteiger partial charge in [0.1, 0.15) is 0 Å². The first-order valence-electron chi connectivity index (χ1n) is 5.82. The van der Waals surface area contributed by atoms with Crippen LogP contribution in [0.25, 0.3) is 0 Å². The average molecular weight is 288 g/mol. The van der Waals surface area contributed by atoms with Gasteiger partial charge in [-0.1, -0.05) is 0 Å². The van der Waals surface area contributed by atoms with Gasteiger partial charge in [-0.25, -0.2) is 17.9 Å². The highest BCUT2D eigenvalue weighted by Crippen LogP contribution is 2.05. The Morgan fingerprint density at radius 3 is 2.63 bits per heavy atom. The number of hydrogen-bond donors (Lipinski definition) is 2. The maximum atomic E-state index is 12.2. The number of rotatable bonds is 3. The lowest BCUT2D eigenvalue weighted by Crippen LogP contribution is -2.44. The van der Waals surface area contributed by atoms with Gasteiger partial charge in [0.15, 0.2) is 4.90 Å². The summed E-state index contributed by atoms with van der Waals surface area (Å²) < 4.78 is 28.6. The maximum Gasteiger partial charge on any atom is 0.330 e. The van der Waals surface area contributed by atoms with Crippen LogP contribution in [0.3, 0.4) is 0 Å². The zero-order valence-corrected chi connectivity index (χ0v) is 11.5. The molecule has 106 valence electrons. The highest BCUT2D eigenvalue weighted by atomic mass is 32.2. The Bertz CT molecular complexity index is 697. The largest absolute Gasteiger partial charge is 0.330 e. The van der Waals surface area contributed by atoms with E-state index < -0.39 is 26.2 Å². The zero-order valence-electron chi connectivity index (χ0n) is 10.7. The molecular formula is C10H16N4O4S. The second-order valence-corrected chi connectivity index (χ2v) is 6.24. The Morgan fingerprint density at radius 1 is 1.37 bits per heavy atom. The van der Waals surface area contributed by atoms with Gasteiger partial charge in [0.2, 0.25) is 10.0 Å². The minimum Gasteiger partial charge on any atom is -0.315 e. The molecule has 0 spiro atoms. The normalized spacial score (nSPS) is 19.8. The van der Waals surface area contributed by atoms with E-state index in [9.17, 15) is 18.0 Å². The van der Waals surface area contributed by atoms with Crippen LogP contribution in [0.4, 0.5) is 0 Å². The molecule has 2 heterocycles. The standard InChI is InChI=1S/C10H16N4O4S/c1-13-6-8(9(15)14(2)10(13)16)19(17,18)12-7-3-4-11-5-7/h6-7,11-12H,3-5H2,1-2H3. The van der Waals surface area contributed by atoms with Crippen LogP contribution < -0.4 is 21.3 Å². The minimum atomic E-state index is -3.92. The van der Waals surface area contributed by atoms with Crippen molar-refractivity contribution in [1.29, 1.82) is 0 Å². The van der Waals surface area contributed by atoms with Gasteiger partial charge < -0.3 is 9.88 Å². The molecule has 0 saturated carbocycles. The van der Waals surface area contributed by atoms with Crippen molar-refractivity contribution >= 4 is 10.0 Å². The van der Waals surface area contributed by atoms with Crippen molar-refractivity contribution in [2.45, 2.75) is 17.4 Å². The number of hydrogen-bond acceptors (Lipinski definition) is 5. The minimum absolute atomic E-state index is 0.230. The van der Waals surface area contributed by atoms with Crippen molar-refractivity contribution < 1.29 is 8.42 Å². The van der Waals surface area contributed by atoms with E-state index in [1.807, 2.05) is 0 Å². The third-order valence-electron chi connectivity index (χ3n) is 3.09. The first-order valence-corrected chi connectivity index (χ1v) is 7.31. The molecule has 1 unspecified atom stereocenters. The lowest BCUT2D eigenvalue weighted by molar-refractivity contribution is 0.552. The molecule has 0 radical (unpaired) electrons. The Hall–Kier alpha value is -1.45. The summed E-state index contributed by atoms with van der Waals surface area (Å²) in [5.74, 6) is 0. The molecule has 1 aliphatic rings. The zero-order chi connectivity index (χ0) is 14.2. The topological polar surface area (TPSA) is 102 Å². The molecule has 0 aromatic carbocycles. The fourth-order valence-electron chi connectivity index (χ4n) is 2.00. The summed E-state index contributed by atoms with van der Waals surface area (Å²) in [6.45, 7) is 1.27.